The zero-order valence-corrected chi connectivity index (χ0v) is 12.6. The molecular weight excluding hydrogens is 301 g/mol. The fourth-order valence-electron chi connectivity index (χ4n) is 2.19. The van der Waals surface area contributed by atoms with E-state index in [0.29, 0.717) is 11.4 Å². The number of hydrogen-bond donors (Lipinski definition) is 2. The third-order valence-corrected chi connectivity index (χ3v) is 3.47. The maximum atomic E-state index is 13.6. The molecule has 0 aliphatic carbocycles. The quantitative estimate of drug-likeness (QED) is 0.810. The molecule has 2 N–H and O–H groups in total. The number of methoxy groups -OCH3 is 1. The zero-order valence-electron chi connectivity index (χ0n) is 11.5. The van der Waals surface area contributed by atoms with Crippen LogP contribution in [-0.4, -0.2) is 48.6 Å². The molecule has 6 nitrogen and oxygen atoms in total. The summed E-state index contributed by atoms with van der Waals surface area (Å²) in [7, 11) is 3.77. The normalized spacial score (nSPS) is 19.0. The van der Waals surface area contributed by atoms with E-state index in [-0.39, 0.29) is 6.61 Å². The van der Waals surface area contributed by atoms with Gasteiger partial charge in [-0.3, -0.25) is 0 Å². The molecule has 0 aromatic carbocycles. The van der Waals surface area contributed by atoms with Crippen molar-refractivity contribution in [1.82, 2.24) is 15.2 Å². The molecule has 1 saturated heterocycles. The summed E-state index contributed by atoms with van der Waals surface area (Å²) in [5.74, 6) is -2.41. The number of ether oxygens (including phenoxy) is 1. The summed E-state index contributed by atoms with van der Waals surface area (Å²) in [4.78, 5) is 17.1. The van der Waals surface area contributed by atoms with Gasteiger partial charge in [-0.15, -0.1) is 0 Å². The average Bonchev–Trinajstić information content (AvgIpc) is 2.47. The van der Waals surface area contributed by atoms with Gasteiger partial charge in [-0.1, -0.05) is 0 Å². The Bertz CT molecular complexity index is 518. The number of carbonyl (C=O) groups is 1. The Labute approximate surface area is 123 Å². The van der Waals surface area contributed by atoms with Gasteiger partial charge in [0.2, 0.25) is 0 Å². The first kappa shape index (κ1) is 15.9. The van der Waals surface area contributed by atoms with Crippen molar-refractivity contribution in [3.8, 4) is 0 Å². The van der Waals surface area contributed by atoms with E-state index in [2.05, 4.69) is 24.8 Å². The number of nitrogens with zero attached hydrogens (tertiary/aromatic N) is 2. The Kier molecular flexibility index (Phi) is 4.90. The van der Waals surface area contributed by atoms with Crippen molar-refractivity contribution in [1.29, 1.82) is 0 Å². The number of pyridine rings is 1. The van der Waals surface area contributed by atoms with Crippen molar-refractivity contribution in [2.45, 2.75) is 12.0 Å². The van der Waals surface area contributed by atoms with E-state index in [4.69, 9.17) is 4.74 Å². The number of halogens is 2. The third kappa shape index (κ3) is 3.77. The second-order valence-corrected chi connectivity index (χ2v) is 5.02. The first-order valence-electron chi connectivity index (χ1n) is 6.30. The largest absolute Gasteiger partial charge is 0.382 e. The molecule has 1 aliphatic rings. The Morgan fingerprint density at radius 3 is 3.10 bits per heavy atom. The second kappa shape index (κ2) is 6.49. The number of urea groups is 1. The molecule has 2 rings (SSSR count). The van der Waals surface area contributed by atoms with Gasteiger partial charge in [-0.05, 0) is 27.1 Å². The van der Waals surface area contributed by atoms with Crippen molar-refractivity contribution >= 4 is 21.2 Å². The van der Waals surface area contributed by atoms with Gasteiger partial charge in [-0.2, -0.15) is 0 Å². The number of hydrogen-bond acceptors (Lipinski definition) is 4. The van der Waals surface area contributed by atoms with Gasteiger partial charge < -0.3 is 20.0 Å². The van der Waals surface area contributed by atoms with Crippen molar-refractivity contribution in [2.75, 3.05) is 31.9 Å². The van der Waals surface area contributed by atoms with Crippen LogP contribution in [0.25, 0.3) is 0 Å². The smallest absolute Gasteiger partial charge is 0.318 e. The maximum Gasteiger partial charge on any atom is 0.318 e. The summed E-state index contributed by atoms with van der Waals surface area (Å²) in [5.41, 5.74) is 0.671. The molecule has 0 spiro atoms. The van der Waals surface area contributed by atoms with E-state index >= 15 is 0 Å². The van der Waals surface area contributed by atoms with Crippen LogP contribution in [0.3, 0.4) is 0 Å². The van der Waals surface area contributed by atoms with Crippen LogP contribution in [-0.2, 0) is 4.74 Å². The molecule has 1 fully saturated rings. The molecule has 2 atom stereocenters. The SMILES string of the molecule is COCC(c1ccnc(NP)c1)N1CC(F)(F)CNC1=O. The van der Waals surface area contributed by atoms with E-state index in [9.17, 15) is 13.6 Å². The highest BCUT2D eigenvalue weighted by atomic mass is 31.0. The summed E-state index contributed by atoms with van der Waals surface area (Å²) < 4.78 is 32.2. The molecule has 0 radical (unpaired) electrons. The van der Waals surface area contributed by atoms with Crippen molar-refractivity contribution in [3.05, 3.63) is 23.9 Å². The van der Waals surface area contributed by atoms with E-state index in [1.54, 1.807) is 18.3 Å². The van der Waals surface area contributed by atoms with E-state index in [1.807, 2.05) is 0 Å². The van der Waals surface area contributed by atoms with Gasteiger partial charge in [-0.25, -0.2) is 18.6 Å². The predicted octanol–water partition coefficient (Wildman–Crippen LogP) is 1.63. The van der Waals surface area contributed by atoms with Gasteiger partial charge in [0, 0.05) is 13.3 Å². The van der Waals surface area contributed by atoms with E-state index < -0.39 is 31.1 Å². The molecule has 0 saturated carbocycles. The molecule has 2 unspecified atom stereocenters. The Morgan fingerprint density at radius 2 is 2.43 bits per heavy atom. The Morgan fingerprint density at radius 1 is 1.67 bits per heavy atom. The highest BCUT2D eigenvalue weighted by molar-refractivity contribution is 7.18. The van der Waals surface area contributed by atoms with Crippen LogP contribution in [0.15, 0.2) is 18.3 Å². The van der Waals surface area contributed by atoms with Gasteiger partial charge in [0.25, 0.3) is 5.92 Å². The minimum Gasteiger partial charge on any atom is -0.382 e. The lowest BCUT2D eigenvalue weighted by Crippen LogP contribution is -2.58. The fraction of sp³-hybridized carbons (Fsp3) is 0.500. The summed E-state index contributed by atoms with van der Waals surface area (Å²) in [5, 5.41) is 5.00. The Hall–Kier alpha value is -1.53. The molecule has 1 aliphatic heterocycles. The highest BCUT2D eigenvalue weighted by Crippen LogP contribution is 2.28. The minimum atomic E-state index is -2.96. The number of rotatable bonds is 5. The van der Waals surface area contributed by atoms with E-state index in [1.165, 1.54) is 7.11 Å². The summed E-state index contributed by atoms with van der Waals surface area (Å²) >= 11 is 0. The molecule has 2 heterocycles. The fourth-order valence-corrected chi connectivity index (χ4v) is 2.35. The lowest BCUT2D eigenvalue weighted by molar-refractivity contribution is -0.0509. The van der Waals surface area contributed by atoms with Crippen molar-refractivity contribution in [3.63, 3.8) is 0 Å². The second-order valence-electron chi connectivity index (χ2n) is 4.73. The van der Waals surface area contributed by atoms with Crippen molar-refractivity contribution < 1.29 is 18.3 Å². The molecule has 9 heteroatoms. The number of carbonyl (C=O) groups excluding carboxylic acids is 1. The molecule has 1 aromatic heterocycles. The van der Waals surface area contributed by atoms with Crippen LogP contribution < -0.4 is 10.4 Å². The van der Waals surface area contributed by atoms with Gasteiger partial charge in [0.1, 0.15) is 5.82 Å². The molecule has 0 bridgehead atoms. The van der Waals surface area contributed by atoms with Crippen LogP contribution in [0.4, 0.5) is 19.4 Å². The van der Waals surface area contributed by atoms with E-state index in [0.717, 1.165) is 4.90 Å². The molecule has 116 valence electrons. The lowest BCUT2D eigenvalue weighted by atomic mass is 10.1. The van der Waals surface area contributed by atoms with Crippen LogP contribution >= 0.6 is 9.39 Å². The summed E-state index contributed by atoms with van der Waals surface area (Å²) in [6.45, 7) is -1.17. The van der Waals surface area contributed by atoms with Gasteiger partial charge >= 0.3 is 6.03 Å². The van der Waals surface area contributed by atoms with Crippen molar-refractivity contribution in [2.24, 2.45) is 0 Å². The van der Waals surface area contributed by atoms with Crippen LogP contribution in [0, 0.1) is 0 Å². The number of aromatic nitrogens is 1. The molecule has 2 amide bonds. The molecule has 21 heavy (non-hydrogen) atoms. The topological polar surface area (TPSA) is 66.5 Å². The number of amides is 2. The molecule has 1 aromatic rings. The monoisotopic (exact) mass is 318 g/mol. The van der Waals surface area contributed by atoms with Gasteiger partial charge in [0.15, 0.2) is 0 Å². The van der Waals surface area contributed by atoms with Crippen LogP contribution in [0.5, 0.6) is 0 Å². The maximum absolute atomic E-state index is 13.6. The van der Waals surface area contributed by atoms with Gasteiger partial charge in [0.05, 0.1) is 25.7 Å². The lowest BCUT2D eigenvalue weighted by Gasteiger charge is -2.38. The number of alkyl halides is 2. The first-order chi connectivity index (χ1) is 9.96. The average molecular weight is 318 g/mol. The number of anilines is 1. The minimum absolute atomic E-state index is 0.115. The third-order valence-electron chi connectivity index (χ3n) is 3.18. The predicted molar refractivity (Wildman–Crippen MR) is 77.2 cm³/mol. The first-order valence-corrected chi connectivity index (χ1v) is 6.88. The number of nitrogens with one attached hydrogen (secondary N) is 2. The molecular formula is C12H17F2N4O2P. The summed E-state index contributed by atoms with van der Waals surface area (Å²) in [6.07, 6.45) is 1.55. The van der Waals surface area contributed by atoms with Crippen LogP contribution in [0.2, 0.25) is 0 Å². The summed E-state index contributed by atoms with van der Waals surface area (Å²) in [6, 6.07) is 2.23. The standard InChI is InChI=1S/C12H17F2N4O2P/c1-20-5-9(8-2-3-15-10(4-8)17-21)18-7-12(13,14)6-16-11(18)19/h2-4,9H,5-7,21H2,1H3,(H,15,17)(H,16,19). The zero-order chi connectivity index (χ0) is 15.5. The Balaban J connectivity index is 2.30. The van der Waals surface area contributed by atoms with Crippen LogP contribution in [0.1, 0.15) is 11.6 Å². The highest BCUT2D eigenvalue weighted by Gasteiger charge is 2.42.